The standard InChI is InChI=1S/C24H21IN4O3S2/c25-15-19-11-12-20(24(30)26-16-18-9-5-2-6-10-18)22(14-19)29(34(31)32)23-21(27-33-28-23)13-17-7-3-1-4-8-17/h1-12,14H,13,15-16H2,(H,26,30)(H,31,32)/p-1. The fourth-order valence-electron chi connectivity index (χ4n) is 3.42. The summed E-state index contributed by atoms with van der Waals surface area (Å²) in [4.78, 5) is 13.1. The van der Waals surface area contributed by atoms with Gasteiger partial charge in [0.05, 0.1) is 34.2 Å². The molecule has 1 atom stereocenters. The minimum absolute atomic E-state index is 0.199. The van der Waals surface area contributed by atoms with Gasteiger partial charge in [0.1, 0.15) is 5.69 Å². The number of aromatic nitrogens is 2. The number of benzene rings is 3. The molecule has 0 spiro atoms. The number of hydrogen-bond acceptors (Lipinski definition) is 6. The Hall–Kier alpha value is -2.67. The molecule has 0 saturated heterocycles. The number of halogens is 1. The number of rotatable bonds is 9. The van der Waals surface area contributed by atoms with Crippen molar-refractivity contribution in [3.05, 3.63) is 107 Å². The Morgan fingerprint density at radius 1 is 0.971 bits per heavy atom. The first kappa shape index (κ1) is 24.5. The van der Waals surface area contributed by atoms with Crippen LogP contribution in [0.2, 0.25) is 0 Å². The van der Waals surface area contributed by atoms with Crippen LogP contribution in [0.4, 0.5) is 11.5 Å². The number of alkyl halides is 1. The van der Waals surface area contributed by atoms with Gasteiger partial charge in [-0.25, -0.2) is 0 Å². The third kappa shape index (κ3) is 5.87. The zero-order valence-electron chi connectivity index (χ0n) is 17.9. The summed E-state index contributed by atoms with van der Waals surface area (Å²) in [5.41, 5.74) is 3.83. The highest BCUT2D eigenvalue weighted by Gasteiger charge is 2.24. The van der Waals surface area contributed by atoms with Crippen molar-refractivity contribution in [1.82, 2.24) is 14.1 Å². The van der Waals surface area contributed by atoms with Gasteiger partial charge in [0.2, 0.25) is 0 Å². The van der Waals surface area contributed by atoms with Crippen molar-refractivity contribution in [3.63, 3.8) is 0 Å². The third-order valence-corrected chi connectivity index (χ3v) is 7.17. The maximum Gasteiger partial charge on any atom is 0.253 e. The highest BCUT2D eigenvalue weighted by molar-refractivity contribution is 14.1. The number of carbonyl (C=O) groups excluding carboxylic acids is 1. The molecule has 4 aromatic rings. The van der Waals surface area contributed by atoms with Crippen molar-refractivity contribution in [2.24, 2.45) is 0 Å². The summed E-state index contributed by atoms with van der Waals surface area (Å²) in [5, 5.41) is 2.88. The van der Waals surface area contributed by atoms with Gasteiger partial charge in [-0.3, -0.25) is 13.3 Å². The van der Waals surface area contributed by atoms with E-state index in [9.17, 15) is 13.6 Å². The second-order valence-corrected chi connectivity index (χ2v) is 9.45. The van der Waals surface area contributed by atoms with Gasteiger partial charge >= 0.3 is 0 Å². The first-order valence-corrected chi connectivity index (χ1v) is 13.6. The minimum Gasteiger partial charge on any atom is -0.755 e. The molecule has 1 heterocycles. The average molecular weight is 603 g/mol. The van der Waals surface area contributed by atoms with Crippen LogP contribution in [0.3, 0.4) is 0 Å². The summed E-state index contributed by atoms with van der Waals surface area (Å²) in [6.07, 6.45) is 0.419. The van der Waals surface area contributed by atoms with Crippen LogP contribution in [0.25, 0.3) is 0 Å². The highest BCUT2D eigenvalue weighted by Crippen LogP contribution is 2.33. The molecule has 10 heteroatoms. The van der Waals surface area contributed by atoms with Crippen LogP contribution in [0.15, 0.2) is 78.9 Å². The Labute approximate surface area is 218 Å². The van der Waals surface area contributed by atoms with E-state index < -0.39 is 11.3 Å². The lowest BCUT2D eigenvalue weighted by molar-refractivity contribution is 0.0951. The van der Waals surface area contributed by atoms with Crippen molar-refractivity contribution in [1.29, 1.82) is 0 Å². The number of amides is 1. The van der Waals surface area contributed by atoms with Gasteiger partial charge in [-0.1, -0.05) is 89.3 Å². The van der Waals surface area contributed by atoms with Crippen molar-refractivity contribution in [2.45, 2.75) is 17.4 Å². The molecule has 1 amide bonds. The predicted octanol–water partition coefficient (Wildman–Crippen LogP) is 4.93. The molecule has 0 aliphatic rings. The molecule has 1 N–H and O–H groups in total. The van der Waals surface area contributed by atoms with E-state index in [-0.39, 0.29) is 23.0 Å². The first-order valence-electron chi connectivity index (χ1n) is 10.3. The lowest BCUT2D eigenvalue weighted by atomic mass is 10.1. The molecule has 0 bridgehead atoms. The summed E-state index contributed by atoms with van der Waals surface area (Å²) in [6, 6.07) is 24.3. The van der Waals surface area contributed by atoms with E-state index in [1.54, 1.807) is 12.1 Å². The molecule has 0 aliphatic heterocycles. The normalized spacial score (nSPS) is 11.7. The number of hydrogen-bond donors (Lipinski definition) is 1. The topological polar surface area (TPSA) is 98.2 Å². The largest absolute Gasteiger partial charge is 0.755 e. The second-order valence-electron chi connectivity index (χ2n) is 7.36. The van der Waals surface area contributed by atoms with Crippen LogP contribution in [0.5, 0.6) is 0 Å². The molecule has 7 nitrogen and oxygen atoms in total. The van der Waals surface area contributed by atoms with Crippen molar-refractivity contribution >= 4 is 63.0 Å². The number of anilines is 2. The molecular weight excluding hydrogens is 583 g/mol. The number of nitrogens with one attached hydrogen (secondary N) is 1. The van der Waals surface area contributed by atoms with Crippen molar-refractivity contribution in [2.75, 3.05) is 4.31 Å². The SMILES string of the molecule is O=C(NCc1ccccc1)c1ccc(CI)cc1N(c1nsnc1Cc1ccccc1)S(=O)[O-]. The van der Waals surface area contributed by atoms with Crippen LogP contribution < -0.4 is 9.62 Å². The Balaban J connectivity index is 1.70. The van der Waals surface area contributed by atoms with Gasteiger partial charge in [0.25, 0.3) is 5.91 Å². The smallest absolute Gasteiger partial charge is 0.253 e. The Morgan fingerprint density at radius 3 is 2.29 bits per heavy atom. The van der Waals surface area contributed by atoms with Crippen molar-refractivity contribution in [3.8, 4) is 0 Å². The molecule has 4 rings (SSSR count). The van der Waals surface area contributed by atoms with Gasteiger partial charge < -0.3 is 9.87 Å². The monoisotopic (exact) mass is 603 g/mol. The van der Waals surface area contributed by atoms with E-state index in [4.69, 9.17) is 0 Å². The minimum atomic E-state index is -2.72. The number of carbonyl (C=O) groups is 1. The Kier molecular flexibility index (Phi) is 8.38. The van der Waals surface area contributed by atoms with Gasteiger partial charge in [0, 0.05) is 17.4 Å². The summed E-state index contributed by atoms with van der Waals surface area (Å²) < 4.78 is 35.3. The van der Waals surface area contributed by atoms with Gasteiger partial charge in [-0.2, -0.15) is 8.75 Å². The zero-order chi connectivity index (χ0) is 23.9. The summed E-state index contributed by atoms with van der Waals surface area (Å²) in [7, 11) is 0. The van der Waals surface area contributed by atoms with E-state index in [1.165, 1.54) is 0 Å². The molecule has 0 saturated carbocycles. The summed E-state index contributed by atoms with van der Waals surface area (Å²) >= 11 is 0.417. The predicted molar refractivity (Wildman–Crippen MR) is 142 cm³/mol. The Morgan fingerprint density at radius 2 is 1.65 bits per heavy atom. The maximum atomic E-state index is 13.1. The number of nitrogens with zero attached hydrogens (tertiary/aromatic N) is 3. The van der Waals surface area contributed by atoms with E-state index in [1.807, 2.05) is 66.7 Å². The van der Waals surface area contributed by atoms with Gasteiger partial charge in [0.15, 0.2) is 5.82 Å². The van der Waals surface area contributed by atoms with Crippen LogP contribution in [-0.2, 0) is 28.7 Å². The van der Waals surface area contributed by atoms with Crippen molar-refractivity contribution < 1.29 is 13.6 Å². The molecule has 0 aliphatic carbocycles. The maximum absolute atomic E-state index is 13.1. The summed E-state index contributed by atoms with van der Waals surface area (Å²) in [5.74, 6) is -0.174. The zero-order valence-corrected chi connectivity index (χ0v) is 21.7. The average Bonchev–Trinajstić information content (AvgIpc) is 3.31. The Bertz CT molecular complexity index is 1290. The quantitative estimate of drug-likeness (QED) is 0.166. The molecular formula is C24H20IN4O3S2-. The second kappa shape index (κ2) is 11.6. The molecule has 0 fully saturated rings. The van der Waals surface area contributed by atoms with E-state index in [0.29, 0.717) is 23.1 Å². The highest BCUT2D eigenvalue weighted by atomic mass is 127. The molecule has 0 radical (unpaired) electrons. The van der Waals surface area contributed by atoms with E-state index in [0.717, 1.165) is 32.7 Å². The van der Waals surface area contributed by atoms with E-state index in [2.05, 4.69) is 36.7 Å². The molecule has 34 heavy (non-hydrogen) atoms. The summed E-state index contributed by atoms with van der Waals surface area (Å²) in [6.45, 7) is 0.325. The first-order chi connectivity index (χ1) is 16.6. The molecule has 1 unspecified atom stereocenters. The lowest BCUT2D eigenvalue weighted by Crippen LogP contribution is -2.28. The van der Waals surface area contributed by atoms with Crippen LogP contribution in [0, 0.1) is 0 Å². The van der Waals surface area contributed by atoms with Crippen LogP contribution in [-0.4, -0.2) is 23.4 Å². The van der Waals surface area contributed by atoms with Gasteiger partial charge in [-0.15, -0.1) is 0 Å². The van der Waals surface area contributed by atoms with Crippen LogP contribution in [0.1, 0.15) is 32.7 Å². The van der Waals surface area contributed by atoms with E-state index >= 15 is 0 Å². The van der Waals surface area contributed by atoms with Crippen LogP contribution >= 0.6 is 34.3 Å². The third-order valence-electron chi connectivity index (χ3n) is 5.07. The molecule has 174 valence electrons. The molecule has 1 aromatic heterocycles. The fourth-order valence-corrected chi connectivity index (χ4v) is 5.09. The lowest BCUT2D eigenvalue weighted by Gasteiger charge is -2.27. The molecule has 3 aromatic carbocycles. The van der Waals surface area contributed by atoms with Gasteiger partial charge in [-0.05, 0) is 28.8 Å². The fraction of sp³-hybridized carbons (Fsp3) is 0.125.